The van der Waals surface area contributed by atoms with Crippen LogP contribution in [0.3, 0.4) is 0 Å². The number of hydrogen-bond donors (Lipinski definition) is 1. The lowest BCUT2D eigenvalue weighted by molar-refractivity contribution is -0.142. The number of aryl methyl sites for hydroxylation is 2. The van der Waals surface area contributed by atoms with Gasteiger partial charge in [0, 0.05) is 18.1 Å². The number of nitrogens with one attached hydrogen (secondary N) is 1. The highest BCUT2D eigenvalue weighted by Gasteiger charge is 2.26. The van der Waals surface area contributed by atoms with Crippen molar-refractivity contribution >= 4 is 23.4 Å². The van der Waals surface area contributed by atoms with Crippen molar-refractivity contribution in [3.8, 4) is 5.75 Å². The molecule has 0 saturated heterocycles. The molecule has 0 unspecified atom stereocenters. The Morgan fingerprint density at radius 1 is 1.06 bits per heavy atom. The van der Waals surface area contributed by atoms with Crippen molar-refractivity contribution in [2.75, 3.05) is 13.2 Å². The SMILES string of the molecule is Cc1cc(C)c(C)c(OCC(=O)N(Cc2ccc(Cl)cc2)[C@@H](C)C(=O)NCC(C)C)c1. The van der Waals surface area contributed by atoms with E-state index < -0.39 is 6.04 Å². The normalized spacial score (nSPS) is 11.9. The van der Waals surface area contributed by atoms with E-state index in [0.717, 1.165) is 22.3 Å². The molecule has 0 spiro atoms. The van der Waals surface area contributed by atoms with Gasteiger partial charge in [-0.2, -0.15) is 0 Å². The molecule has 0 aliphatic heterocycles. The van der Waals surface area contributed by atoms with Gasteiger partial charge < -0.3 is 15.0 Å². The first-order valence-electron chi connectivity index (χ1n) is 10.6. The van der Waals surface area contributed by atoms with E-state index in [0.29, 0.717) is 29.8 Å². The first-order valence-corrected chi connectivity index (χ1v) is 11.0. The molecule has 1 N–H and O–H groups in total. The van der Waals surface area contributed by atoms with Gasteiger partial charge >= 0.3 is 0 Å². The second-order valence-corrected chi connectivity index (χ2v) is 8.89. The highest BCUT2D eigenvalue weighted by atomic mass is 35.5. The lowest BCUT2D eigenvalue weighted by atomic mass is 10.1. The summed E-state index contributed by atoms with van der Waals surface area (Å²) in [6.07, 6.45) is 0. The fourth-order valence-electron chi connectivity index (χ4n) is 3.19. The molecule has 1 atom stereocenters. The lowest BCUT2D eigenvalue weighted by Gasteiger charge is -2.29. The summed E-state index contributed by atoms with van der Waals surface area (Å²) >= 11 is 5.99. The van der Waals surface area contributed by atoms with Gasteiger partial charge in [0.25, 0.3) is 5.91 Å². The molecule has 2 aromatic carbocycles. The molecule has 2 aromatic rings. The Kier molecular flexibility index (Phi) is 8.93. The molecular formula is C25H33ClN2O3. The number of benzene rings is 2. The number of hydrogen-bond acceptors (Lipinski definition) is 3. The molecule has 6 heteroatoms. The Bertz CT molecular complexity index is 910. The van der Waals surface area contributed by atoms with Crippen LogP contribution in [0.2, 0.25) is 5.02 Å². The summed E-state index contributed by atoms with van der Waals surface area (Å²) in [7, 11) is 0. The van der Waals surface area contributed by atoms with Crippen LogP contribution in [-0.2, 0) is 16.1 Å². The van der Waals surface area contributed by atoms with Gasteiger partial charge in [0.2, 0.25) is 5.91 Å². The number of carbonyl (C=O) groups is 2. The molecule has 2 rings (SSSR count). The molecule has 0 saturated carbocycles. The molecule has 0 aromatic heterocycles. The summed E-state index contributed by atoms with van der Waals surface area (Å²) < 4.78 is 5.88. The van der Waals surface area contributed by atoms with Crippen LogP contribution in [0.4, 0.5) is 0 Å². The van der Waals surface area contributed by atoms with Crippen molar-refractivity contribution in [2.24, 2.45) is 5.92 Å². The predicted molar refractivity (Wildman–Crippen MR) is 125 cm³/mol. The zero-order valence-electron chi connectivity index (χ0n) is 19.3. The van der Waals surface area contributed by atoms with Crippen LogP contribution in [0.1, 0.15) is 43.0 Å². The summed E-state index contributed by atoms with van der Waals surface area (Å²) in [6, 6.07) is 10.6. The number of carbonyl (C=O) groups excluding carboxylic acids is 2. The van der Waals surface area contributed by atoms with Gasteiger partial charge in [-0.05, 0) is 74.1 Å². The molecular weight excluding hydrogens is 412 g/mol. The number of amides is 2. The summed E-state index contributed by atoms with van der Waals surface area (Å²) in [5.74, 6) is 0.584. The molecule has 0 fully saturated rings. The van der Waals surface area contributed by atoms with Crippen molar-refractivity contribution in [1.29, 1.82) is 0 Å². The molecule has 0 heterocycles. The van der Waals surface area contributed by atoms with Gasteiger partial charge in [0.1, 0.15) is 11.8 Å². The van der Waals surface area contributed by atoms with Crippen LogP contribution < -0.4 is 10.1 Å². The molecule has 168 valence electrons. The van der Waals surface area contributed by atoms with Crippen molar-refractivity contribution in [3.05, 3.63) is 63.7 Å². The van der Waals surface area contributed by atoms with Crippen LogP contribution in [0.5, 0.6) is 5.75 Å². The molecule has 0 aliphatic carbocycles. The summed E-state index contributed by atoms with van der Waals surface area (Å²) in [4.78, 5) is 27.4. The van der Waals surface area contributed by atoms with Crippen LogP contribution in [0.15, 0.2) is 36.4 Å². The topological polar surface area (TPSA) is 58.6 Å². The maximum Gasteiger partial charge on any atom is 0.261 e. The zero-order chi connectivity index (χ0) is 23.1. The minimum atomic E-state index is -0.633. The first-order chi connectivity index (χ1) is 14.6. The van der Waals surface area contributed by atoms with Crippen LogP contribution in [0, 0.1) is 26.7 Å². The zero-order valence-corrected chi connectivity index (χ0v) is 20.0. The molecule has 31 heavy (non-hydrogen) atoms. The van der Waals surface area contributed by atoms with Crippen LogP contribution >= 0.6 is 11.6 Å². The van der Waals surface area contributed by atoms with Gasteiger partial charge in [0.15, 0.2) is 6.61 Å². The molecule has 0 bridgehead atoms. The number of nitrogens with zero attached hydrogens (tertiary/aromatic N) is 1. The Labute approximate surface area is 190 Å². The van der Waals surface area contributed by atoms with E-state index in [1.165, 1.54) is 0 Å². The van der Waals surface area contributed by atoms with Gasteiger partial charge in [-0.3, -0.25) is 9.59 Å². The largest absolute Gasteiger partial charge is 0.483 e. The van der Waals surface area contributed by atoms with E-state index in [4.69, 9.17) is 16.3 Å². The minimum Gasteiger partial charge on any atom is -0.483 e. The summed E-state index contributed by atoms with van der Waals surface area (Å²) in [5, 5.41) is 3.54. The standard InChI is InChI=1S/C25H33ClN2O3/c1-16(2)13-27-25(30)20(6)28(14-21-7-9-22(26)10-8-21)24(29)15-31-23-12-17(3)11-18(4)19(23)5/h7-12,16,20H,13-15H2,1-6H3,(H,27,30)/t20-/m0/s1. The molecule has 0 radical (unpaired) electrons. The van der Waals surface area contributed by atoms with Gasteiger partial charge in [-0.15, -0.1) is 0 Å². The first kappa shape index (κ1) is 24.7. The quantitative estimate of drug-likeness (QED) is 0.602. The third-order valence-corrected chi connectivity index (χ3v) is 5.49. The van der Waals surface area contributed by atoms with Gasteiger partial charge in [-0.25, -0.2) is 0 Å². The second kappa shape index (κ2) is 11.2. The highest BCUT2D eigenvalue weighted by molar-refractivity contribution is 6.30. The fraction of sp³-hybridized carbons (Fsp3) is 0.440. The fourth-order valence-corrected chi connectivity index (χ4v) is 3.32. The van der Waals surface area contributed by atoms with Crippen molar-refractivity contribution < 1.29 is 14.3 Å². The Balaban J connectivity index is 2.18. The van der Waals surface area contributed by atoms with E-state index in [1.807, 2.05) is 52.8 Å². The lowest BCUT2D eigenvalue weighted by Crippen LogP contribution is -2.49. The van der Waals surface area contributed by atoms with Crippen LogP contribution in [-0.4, -0.2) is 35.9 Å². The summed E-state index contributed by atoms with van der Waals surface area (Å²) in [6.45, 7) is 12.5. The van der Waals surface area contributed by atoms with Gasteiger partial charge in [0.05, 0.1) is 0 Å². The maximum absolute atomic E-state index is 13.1. The van der Waals surface area contributed by atoms with Crippen molar-refractivity contribution in [1.82, 2.24) is 10.2 Å². The maximum atomic E-state index is 13.1. The monoisotopic (exact) mass is 444 g/mol. The average molecular weight is 445 g/mol. The average Bonchev–Trinajstić information content (AvgIpc) is 2.72. The molecule has 2 amide bonds. The minimum absolute atomic E-state index is 0.140. The Hall–Kier alpha value is -2.53. The molecule has 0 aliphatic rings. The second-order valence-electron chi connectivity index (χ2n) is 8.46. The van der Waals surface area contributed by atoms with Gasteiger partial charge in [-0.1, -0.05) is 43.6 Å². The van der Waals surface area contributed by atoms with Crippen molar-refractivity contribution in [2.45, 2.75) is 54.1 Å². The number of ether oxygens (including phenoxy) is 1. The third kappa shape index (κ3) is 7.28. The van der Waals surface area contributed by atoms with E-state index in [-0.39, 0.29) is 18.4 Å². The number of rotatable bonds is 9. The van der Waals surface area contributed by atoms with E-state index in [9.17, 15) is 9.59 Å². The number of halogens is 1. The Morgan fingerprint density at radius 2 is 1.71 bits per heavy atom. The smallest absolute Gasteiger partial charge is 0.261 e. The van der Waals surface area contributed by atoms with E-state index in [1.54, 1.807) is 24.0 Å². The third-order valence-electron chi connectivity index (χ3n) is 5.23. The molecule has 5 nitrogen and oxygen atoms in total. The summed E-state index contributed by atoms with van der Waals surface area (Å²) in [5.41, 5.74) is 4.08. The van der Waals surface area contributed by atoms with Crippen molar-refractivity contribution in [3.63, 3.8) is 0 Å². The predicted octanol–water partition coefficient (Wildman–Crippen LogP) is 4.83. The highest BCUT2D eigenvalue weighted by Crippen LogP contribution is 2.23. The van der Waals surface area contributed by atoms with E-state index >= 15 is 0 Å². The Morgan fingerprint density at radius 3 is 2.32 bits per heavy atom. The van der Waals surface area contributed by atoms with Crippen LogP contribution in [0.25, 0.3) is 0 Å². The van der Waals surface area contributed by atoms with E-state index in [2.05, 4.69) is 11.4 Å².